The number of esters is 1. The molecule has 5 rings (SSSR count). The summed E-state index contributed by atoms with van der Waals surface area (Å²) >= 11 is 0. The van der Waals surface area contributed by atoms with Gasteiger partial charge in [-0.15, -0.1) is 0 Å². The monoisotopic (exact) mass is 587 g/mol. The third-order valence-electron chi connectivity index (χ3n) is 7.82. The first-order chi connectivity index (χ1) is 21.0. The maximum Gasteiger partial charge on any atom is 0.311 e. The second-order valence-electron chi connectivity index (χ2n) is 10.9. The van der Waals surface area contributed by atoms with Crippen molar-refractivity contribution in [3.63, 3.8) is 0 Å². The molecule has 0 spiro atoms. The Kier molecular flexibility index (Phi) is 9.86. The summed E-state index contributed by atoms with van der Waals surface area (Å²) in [4.78, 5) is 50.4. The van der Waals surface area contributed by atoms with Gasteiger partial charge in [0.25, 0.3) is 11.8 Å². The number of phenols is 1. The molecule has 2 aliphatic heterocycles. The second-order valence-corrected chi connectivity index (χ2v) is 10.9. The highest BCUT2D eigenvalue weighted by Crippen LogP contribution is 2.44. The van der Waals surface area contributed by atoms with Crippen molar-refractivity contribution in [1.82, 2.24) is 14.9 Å². The van der Waals surface area contributed by atoms with Crippen LogP contribution in [-0.2, 0) is 20.7 Å². The molecule has 0 bridgehead atoms. The number of carbonyl (C=O) groups is 3. The predicted molar refractivity (Wildman–Crippen MR) is 158 cm³/mol. The number of imide groups is 1. The molecule has 1 unspecified atom stereocenters. The average molecular weight is 588 g/mol. The Hall–Kier alpha value is -4.47. The Balaban J connectivity index is 1.38. The van der Waals surface area contributed by atoms with Gasteiger partial charge in [0, 0.05) is 25.2 Å². The molecule has 1 aromatic heterocycles. The Morgan fingerprint density at radius 3 is 2.26 bits per heavy atom. The number of aromatic hydroxyl groups is 1. The minimum atomic E-state index is -0.869. The van der Waals surface area contributed by atoms with Crippen molar-refractivity contribution in [2.24, 2.45) is 0 Å². The number of fused-ring (bicyclic) bond motifs is 2. The lowest BCUT2D eigenvalue weighted by Crippen LogP contribution is -2.42. The molecule has 1 atom stereocenters. The molecule has 2 aliphatic rings. The van der Waals surface area contributed by atoms with Gasteiger partial charge in [-0.05, 0) is 12.0 Å². The van der Waals surface area contributed by atoms with Crippen LogP contribution >= 0.6 is 0 Å². The topological polar surface area (TPSA) is 128 Å². The maximum atomic E-state index is 14.1. The minimum Gasteiger partial charge on any atom is -0.505 e. The molecule has 2 amide bonds. The highest BCUT2D eigenvalue weighted by atomic mass is 16.7. The van der Waals surface area contributed by atoms with Crippen LogP contribution in [0.1, 0.15) is 97.4 Å². The van der Waals surface area contributed by atoms with E-state index in [0.29, 0.717) is 12.2 Å². The van der Waals surface area contributed by atoms with Gasteiger partial charge >= 0.3 is 5.97 Å². The fraction of sp³-hybridized carbons (Fsp3) is 0.424. The largest absolute Gasteiger partial charge is 0.505 e. The quantitative estimate of drug-likeness (QED) is 0.0954. The van der Waals surface area contributed by atoms with Crippen LogP contribution in [0.2, 0.25) is 0 Å². The number of amides is 2. The Labute approximate surface area is 250 Å². The van der Waals surface area contributed by atoms with E-state index in [1.54, 1.807) is 0 Å². The SMILES string of the molecule is CCCCCCCCCCCC(=O)Oc1c2c(c(O)c3nccnc13)C(=O)N(C(Cc1ccccc1)C1=COCO1)C2=O. The van der Waals surface area contributed by atoms with Gasteiger partial charge in [0.05, 0.1) is 0 Å². The molecule has 1 N–H and O–H groups in total. The first-order valence-corrected chi connectivity index (χ1v) is 15.1. The summed E-state index contributed by atoms with van der Waals surface area (Å²) in [5.41, 5.74) is 0.358. The van der Waals surface area contributed by atoms with Gasteiger partial charge in [-0.2, -0.15) is 0 Å². The van der Waals surface area contributed by atoms with Gasteiger partial charge < -0.3 is 19.3 Å². The number of carbonyl (C=O) groups excluding carboxylic acids is 3. The lowest BCUT2D eigenvalue weighted by molar-refractivity contribution is -0.134. The third-order valence-corrected chi connectivity index (χ3v) is 7.82. The lowest BCUT2D eigenvalue weighted by Gasteiger charge is -2.26. The lowest BCUT2D eigenvalue weighted by atomic mass is 10.0. The van der Waals surface area contributed by atoms with Crippen LogP contribution in [0.25, 0.3) is 11.0 Å². The number of phenolic OH excluding ortho intramolecular Hbond substituents is 1. The number of ether oxygens (including phenoxy) is 3. The van der Waals surface area contributed by atoms with E-state index in [1.165, 1.54) is 50.8 Å². The van der Waals surface area contributed by atoms with E-state index in [0.717, 1.165) is 29.7 Å². The fourth-order valence-corrected chi connectivity index (χ4v) is 5.60. The van der Waals surface area contributed by atoms with Crippen LogP contribution in [0, 0.1) is 0 Å². The molecule has 0 aliphatic carbocycles. The Morgan fingerprint density at radius 2 is 1.58 bits per heavy atom. The molecular formula is C33H37N3O7. The van der Waals surface area contributed by atoms with Crippen molar-refractivity contribution in [3.05, 3.63) is 71.4 Å². The fourth-order valence-electron chi connectivity index (χ4n) is 5.60. The van der Waals surface area contributed by atoms with Crippen molar-refractivity contribution in [3.8, 4) is 11.5 Å². The third kappa shape index (κ3) is 6.63. The summed E-state index contributed by atoms with van der Waals surface area (Å²) in [5.74, 6) is -2.40. The van der Waals surface area contributed by atoms with E-state index in [4.69, 9.17) is 14.2 Å². The molecule has 0 radical (unpaired) electrons. The summed E-state index contributed by atoms with van der Waals surface area (Å²) < 4.78 is 16.6. The highest BCUT2D eigenvalue weighted by molar-refractivity contribution is 6.27. The molecule has 10 heteroatoms. The highest BCUT2D eigenvalue weighted by Gasteiger charge is 2.48. The second kappa shape index (κ2) is 14.1. The molecule has 0 saturated heterocycles. The van der Waals surface area contributed by atoms with E-state index in [-0.39, 0.29) is 47.5 Å². The number of hydrogen-bond acceptors (Lipinski definition) is 9. The zero-order chi connectivity index (χ0) is 30.2. The zero-order valence-electron chi connectivity index (χ0n) is 24.4. The number of benzene rings is 2. The van der Waals surface area contributed by atoms with E-state index in [9.17, 15) is 19.5 Å². The molecule has 0 fully saturated rings. The normalized spacial score (nSPS) is 14.8. The Bertz CT molecular complexity index is 1510. The number of hydrogen-bond donors (Lipinski definition) is 1. The van der Waals surface area contributed by atoms with E-state index in [1.807, 2.05) is 30.3 Å². The smallest absolute Gasteiger partial charge is 0.311 e. The molecule has 2 aromatic carbocycles. The summed E-state index contributed by atoms with van der Waals surface area (Å²) in [6, 6.07) is 8.47. The molecule has 3 aromatic rings. The number of unbranched alkanes of at least 4 members (excludes halogenated alkanes) is 8. The maximum absolute atomic E-state index is 14.1. The Morgan fingerprint density at radius 1 is 0.930 bits per heavy atom. The van der Waals surface area contributed by atoms with E-state index >= 15 is 0 Å². The van der Waals surface area contributed by atoms with Gasteiger partial charge in [-0.3, -0.25) is 19.3 Å². The first kappa shape index (κ1) is 30.0. The van der Waals surface area contributed by atoms with Crippen molar-refractivity contribution in [2.75, 3.05) is 6.79 Å². The average Bonchev–Trinajstić information content (AvgIpc) is 3.64. The number of aromatic nitrogens is 2. The van der Waals surface area contributed by atoms with Crippen LogP contribution < -0.4 is 4.74 Å². The zero-order valence-corrected chi connectivity index (χ0v) is 24.4. The van der Waals surface area contributed by atoms with Gasteiger partial charge in [0.1, 0.15) is 34.5 Å². The molecule has 3 heterocycles. The molecule has 226 valence electrons. The van der Waals surface area contributed by atoms with Gasteiger partial charge in [0.2, 0.25) is 6.79 Å². The van der Waals surface area contributed by atoms with Crippen LogP contribution in [-0.4, -0.2) is 50.6 Å². The summed E-state index contributed by atoms with van der Waals surface area (Å²) in [6.45, 7) is 2.15. The first-order valence-electron chi connectivity index (χ1n) is 15.1. The number of nitrogens with zero attached hydrogens (tertiary/aromatic N) is 3. The number of rotatable bonds is 15. The van der Waals surface area contributed by atoms with Crippen molar-refractivity contribution >= 4 is 28.8 Å². The summed E-state index contributed by atoms with van der Waals surface area (Å²) in [6.07, 6.45) is 14.4. The molecular weight excluding hydrogens is 550 g/mol. The molecule has 0 saturated carbocycles. The summed E-state index contributed by atoms with van der Waals surface area (Å²) in [7, 11) is 0. The molecule has 10 nitrogen and oxygen atoms in total. The van der Waals surface area contributed by atoms with Crippen molar-refractivity contribution in [2.45, 2.75) is 83.6 Å². The summed E-state index contributed by atoms with van der Waals surface area (Å²) in [5, 5.41) is 11.2. The standard InChI is InChI=1S/C33H37N3O7/c1-2-3-4-5-6-7-8-9-13-16-25(37)43-31-27-26(30(38)28-29(31)35-18-17-34-28)32(39)36(33(27)40)23(24-20-41-21-42-24)19-22-14-11-10-12-15-22/h10-12,14-15,17-18,20,23,38H,2-9,13,16,19,21H2,1H3. The van der Waals surface area contributed by atoms with Crippen LogP contribution in [0.15, 0.2) is 54.7 Å². The van der Waals surface area contributed by atoms with Crippen LogP contribution in [0.5, 0.6) is 11.5 Å². The van der Waals surface area contributed by atoms with Gasteiger partial charge in [0.15, 0.2) is 17.3 Å². The van der Waals surface area contributed by atoms with Crippen molar-refractivity contribution < 1.29 is 33.7 Å². The molecule has 43 heavy (non-hydrogen) atoms. The van der Waals surface area contributed by atoms with Gasteiger partial charge in [-0.25, -0.2) is 9.97 Å². The minimum absolute atomic E-state index is 0.0291. The van der Waals surface area contributed by atoms with Crippen LogP contribution in [0.4, 0.5) is 0 Å². The van der Waals surface area contributed by atoms with Gasteiger partial charge in [-0.1, -0.05) is 88.6 Å². The van der Waals surface area contributed by atoms with E-state index < -0.39 is 29.6 Å². The predicted octanol–water partition coefficient (Wildman–Crippen LogP) is 6.21. The van der Waals surface area contributed by atoms with E-state index in [2.05, 4.69) is 16.9 Å². The van der Waals surface area contributed by atoms with Crippen LogP contribution in [0.3, 0.4) is 0 Å². The van der Waals surface area contributed by atoms with Crippen molar-refractivity contribution in [1.29, 1.82) is 0 Å².